The quantitative estimate of drug-likeness (QED) is 0.454. The van der Waals surface area contributed by atoms with E-state index in [4.69, 9.17) is 15.6 Å². The second kappa shape index (κ2) is 11.0. The number of anilines is 1. The monoisotopic (exact) mass is 520 g/mol. The summed E-state index contributed by atoms with van der Waals surface area (Å²) in [5, 5.41) is 8.92. The van der Waals surface area contributed by atoms with Gasteiger partial charge in [-0.15, -0.1) is 12.4 Å². The van der Waals surface area contributed by atoms with E-state index >= 15 is 0 Å². The molecule has 0 spiro atoms. The fraction of sp³-hybridized carbons (Fsp3) is 0.231. The van der Waals surface area contributed by atoms with Gasteiger partial charge in [0.15, 0.2) is 0 Å². The minimum Gasteiger partial charge on any atom is -0.489 e. The van der Waals surface area contributed by atoms with Gasteiger partial charge in [-0.1, -0.05) is 42.5 Å². The Morgan fingerprint density at radius 2 is 1.78 bits per heavy atom. The third-order valence-corrected chi connectivity index (χ3v) is 5.84. The molecule has 0 saturated carbocycles. The number of carboxylic acids is 1. The van der Waals surface area contributed by atoms with E-state index in [0.29, 0.717) is 35.5 Å². The Morgan fingerprint density at radius 3 is 2.44 bits per heavy atom. The number of fused-ring (bicyclic) bond motifs is 1. The maximum absolute atomic E-state index is 13.7. The highest BCUT2D eigenvalue weighted by molar-refractivity contribution is 5.98. The number of rotatable bonds is 7. The summed E-state index contributed by atoms with van der Waals surface area (Å²) in [5.74, 6) is -1.17. The molecule has 10 heteroatoms. The van der Waals surface area contributed by atoms with Gasteiger partial charge in [-0.2, -0.15) is 13.2 Å². The first-order valence-electron chi connectivity index (χ1n) is 10.9. The molecule has 0 aromatic heterocycles. The van der Waals surface area contributed by atoms with Gasteiger partial charge in [0.1, 0.15) is 18.4 Å². The molecule has 6 nitrogen and oxygen atoms in total. The van der Waals surface area contributed by atoms with Crippen LogP contribution in [0.3, 0.4) is 0 Å². The average Bonchev–Trinajstić information content (AvgIpc) is 3.26. The lowest BCUT2D eigenvalue weighted by molar-refractivity contribution is -0.140. The van der Waals surface area contributed by atoms with Crippen molar-refractivity contribution in [1.29, 1.82) is 0 Å². The molecule has 0 saturated heterocycles. The van der Waals surface area contributed by atoms with Crippen LogP contribution in [-0.2, 0) is 28.8 Å². The molecule has 36 heavy (non-hydrogen) atoms. The molecule has 3 N–H and O–H groups in total. The third kappa shape index (κ3) is 5.98. The zero-order valence-electron chi connectivity index (χ0n) is 19.0. The number of carbonyl (C=O) groups excluding carboxylic acids is 1. The third-order valence-electron chi connectivity index (χ3n) is 5.84. The first-order chi connectivity index (χ1) is 16.6. The molecule has 3 aromatic carbocycles. The number of benzene rings is 3. The molecule has 1 aliphatic rings. The molecule has 1 aliphatic heterocycles. The van der Waals surface area contributed by atoms with Crippen LogP contribution in [0.2, 0.25) is 0 Å². The summed E-state index contributed by atoms with van der Waals surface area (Å²) < 4.78 is 47.0. The minimum absolute atomic E-state index is 0. The van der Waals surface area contributed by atoms with Gasteiger partial charge in [-0.25, -0.2) is 0 Å². The molecule has 0 aliphatic carbocycles. The molecule has 3 aromatic rings. The Labute approximate surface area is 211 Å². The van der Waals surface area contributed by atoms with Crippen molar-refractivity contribution in [1.82, 2.24) is 0 Å². The Hall–Kier alpha value is -3.56. The number of hydrogen-bond donors (Lipinski definition) is 2. The number of aliphatic carboxylic acids is 1. The SMILES string of the molecule is Cl.NC(CC(=O)N1CCc2cc(OCc3ccc(-c4ccccc4)c(C(F)(F)F)c3)ccc21)C(=O)O. The molecule has 1 amide bonds. The largest absolute Gasteiger partial charge is 0.489 e. The van der Waals surface area contributed by atoms with Crippen molar-refractivity contribution in [2.24, 2.45) is 5.73 Å². The van der Waals surface area contributed by atoms with E-state index in [-0.39, 0.29) is 36.9 Å². The Morgan fingerprint density at radius 1 is 1.06 bits per heavy atom. The van der Waals surface area contributed by atoms with E-state index in [2.05, 4.69) is 0 Å². The Bertz CT molecular complexity index is 1250. The fourth-order valence-corrected chi connectivity index (χ4v) is 4.06. The van der Waals surface area contributed by atoms with Crippen LogP contribution in [0.5, 0.6) is 5.75 Å². The molecule has 1 unspecified atom stereocenters. The number of carboxylic acid groups (broad SMARTS) is 1. The van der Waals surface area contributed by atoms with Crippen molar-refractivity contribution in [3.05, 3.63) is 83.4 Å². The summed E-state index contributed by atoms with van der Waals surface area (Å²) in [4.78, 5) is 24.8. The number of hydrogen-bond acceptors (Lipinski definition) is 4. The van der Waals surface area contributed by atoms with Gasteiger partial charge in [-0.05, 0) is 52.9 Å². The van der Waals surface area contributed by atoms with E-state index in [0.717, 1.165) is 11.6 Å². The molecule has 0 bridgehead atoms. The maximum atomic E-state index is 13.7. The second-order valence-corrected chi connectivity index (χ2v) is 8.27. The molecular formula is C26H24ClF3N2O4. The normalized spacial score (nSPS) is 13.5. The summed E-state index contributed by atoms with van der Waals surface area (Å²) >= 11 is 0. The van der Waals surface area contributed by atoms with E-state index in [1.165, 1.54) is 11.0 Å². The highest BCUT2D eigenvalue weighted by Crippen LogP contribution is 2.38. The predicted molar refractivity (Wildman–Crippen MR) is 131 cm³/mol. The van der Waals surface area contributed by atoms with E-state index in [1.807, 2.05) is 0 Å². The zero-order valence-corrected chi connectivity index (χ0v) is 19.8. The number of nitrogens with two attached hydrogens (primary N) is 1. The summed E-state index contributed by atoms with van der Waals surface area (Å²) in [7, 11) is 0. The summed E-state index contributed by atoms with van der Waals surface area (Å²) in [6.45, 7) is 0.326. The molecule has 1 atom stereocenters. The topological polar surface area (TPSA) is 92.9 Å². The Balaban J connectivity index is 0.00000361. The first-order valence-corrected chi connectivity index (χ1v) is 10.9. The van der Waals surface area contributed by atoms with E-state index < -0.39 is 23.8 Å². The van der Waals surface area contributed by atoms with Crippen LogP contribution in [0.25, 0.3) is 11.1 Å². The average molecular weight is 521 g/mol. The van der Waals surface area contributed by atoms with Crippen molar-refractivity contribution in [3.8, 4) is 16.9 Å². The van der Waals surface area contributed by atoms with Crippen LogP contribution < -0.4 is 15.4 Å². The van der Waals surface area contributed by atoms with Gasteiger partial charge in [0, 0.05) is 12.2 Å². The fourth-order valence-electron chi connectivity index (χ4n) is 4.06. The molecule has 4 rings (SSSR count). The van der Waals surface area contributed by atoms with Gasteiger partial charge in [-0.3, -0.25) is 9.59 Å². The van der Waals surface area contributed by atoms with Crippen LogP contribution in [0.4, 0.5) is 18.9 Å². The molecule has 190 valence electrons. The molecule has 1 heterocycles. The lowest BCUT2D eigenvalue weighted by Gasteiger charge is -2.19. The van der Waals surface area contributed by atoms with Crippen LogP contribution in [0.15, 0.2) is 66.7 Å². The molecule has 0 fully saturated rings. The Kier molecular flexibility index (Phi) is 8.27. The maximum Gasteiger partial charge on any atom is 0.417 e. The summed E-state index contributed by atoms with van der Waals surface area (Å²) in [5.41, 5.74) is 7.17. The standard InChI is InChI=1S/C26H23F3N2O4.ClH/c27-26(28,29)21-12-16(6-8-20(21)17-4-2-1-3-5-17)15-35-19-7-9-23-18(13-19)10-11-31(23)24(32)14-22(30)25(33)34;/h1-9,12-13,22H,10-11,14-15,30H2,(H,33,34);1H. The lowest BCUT2D eigenvalue weighted by atomic mass is 9.97. The number of alkyl halides is 3. The van der Waals surface area contributed by atoms with Gasteiger partial charge in [0.05, 0.1) is 12.0 Å². The van der Waals surface area contributed by atoms with E-state index in [1.54, 1.807) is 54.6 Å². The highest BCUT2D eigenvalue weighted by atomic mass is 35.5. The van der Waals surface area contributed by atoms with Crippen LogP contribution in [-0.4, -0.2) is 29.6 Å². The van der Waals surface area contributed by atoms with Gasteiger partial charge in [0.25, 0.3) is 0 Å². The van der Waals surface area contributed by atoms with Gasteiger partial charge >= 0.3 is 12.1 Å². The number of halogens is 4. The second-order valence-electron chi connectivity index (χ2n) is 8.27. The van der Waals surface area contributed by atoms with Crippen molar-refractivity contribution in [3.63, 3.8) is 0 Å². The van der Waals surface area contributed by atoms with Crippen LogP contribution in [0, 0.1) is 0 Å². The minimum atomic E-state index is -4.52. The number of nitrogens with zero attached hydrogens (tertiary/aromatic N) is 1. The van der Waals surface area contributed by atoms with Crippen molar-refractivity contribution in [2.45, 2.75) is 31.7 Å². The van der Waals surface area contributed by atoms with E-state index in [9.17, 15) is 22.8 Å². The number of amides is 1. The summed E-state index contributed by atoms with van der Waals surface area (Å²) in [6.07, 6.45) is -4.29. The van der Waals surface area contributed by atoms with Gasteiger partial charge < -0.3 is 20.5 Å². The lowest BCUT2D eigenvalue weighted by Crippen LogP contribution is -2.38. The van der Waals surface area contributed by atoms with Crippen molar-refractivity contribution >= 4 is 30.0 Å². The molecule has 0 radical (unpaired) electrons. The van der Waals surface area contributed by atoms with Crippen LogP contribution in [0.1, 0.15) is 23.1 Å². The highest BCUT2D eigenvalue weighted by Gasteiger charge is 2.34. The van der Waals surface area contributed by atoms with Gasteiger partial charge in [0.2, 0.25) is 5.91 Å². The zero-order chi connectivity index (χ0) is 25.2. The van der Waals surface area contributed by atoms with Crippen LogP contribution >= 0.6 is 12.4 Å². The van der Waals surface area contributed by atoms with Crippen molar-refractivity contribution in [2.75, 3.05) is 11.4 Å². The van der Waals surface area contributed by atoms with Crippen molar-refractivity contribution < 1.29 is 32.6 Å². The number of carbonyl (C=O) groups is 2. The smallest absolute Gasteiger partial charge is 0.417 e. The number of ether oxygens (including phenoxy) is 1. The predicted octanol–water partition coefficient (Wildman–Crippen LogP) is 5.06. The first kappa shape index (κ1) is 27.0. The summed E-state index contributed by atoms with van der Waals surface area (Å²) in [6, 6.07) is 16.3. The molecular weight excluding hydrogens is 497 g/mol.